The summed E-state index contributed by atoms with van der Waals surface area (Å²) in [6.07, 6.45) is 0.745. The van der Waals surface area contributed by atoms with Gasteiger partial charge in [-0.25, -0.2) is 9.59 Å². The summed E-state index contributed by atoms with van der Waals surface area (Å²) in [7, 11) is 0. The molecule has 2 rings (SSSR count). The minimum Gasteiger partial charge on any atom is -0.478 e. The summed E-state index contributed by atoms with van der Waals surface area (Å²) >= 11 is 0. The van der Waals surface area contributed by atoms with E-state index in [1.54, 1.807) is 39.8 Å². The molecule has 136 valence electrons. The Bertz CT molecular complexity index is 693. The van der Waals surface area contributed by atoms with Gasteiger partial charge in [0.25, 0.3) is 0 Å². The number of nitrogens with one attached hydrogen (secondary N) is 1. The minimum atomic E-state index is -1.05. The molecule has 1 aromatic carbocycles. The zero-order valence-corrected chi connectivity index (χ0v) is 15.0. The monoisotopic (exact) mass is 348 g/mol. The fraction of sp³-hybridized carbons (Fsp3) is 0.500. The molecule has 2 N–H and O–H groups in total. The molecule has 7 heteroatoms. The number of benzene rings is 1. The quantitative estimate of drug-likeness (QED) is 0.875. The predicted octanol–water partition coefficient (Wildman–Crippen LogP) is 3.03. The highest BCUT2D eigenvalue weighted by Crippen LogP contribution is 2.24. The number of nitrogens with zero attached hydrogens (tertiary/aromatic N) is 1. The van der Waals surface area contributed by atoms with Crippen LogP contribution >= 0.6 is 0 Å². The van der Waals surface area contributed by atoms with Gasteiger partial charge < -0.3 is 15.2 Å². The van der Waals surface area contributed by atoms with E-state index in [0.717, 1.165) is 0 Å². The van der Waals surface area contributed by atoms with Crippen LogP contribution in [0.2, 0.25) is 0 Å². The van der Waals surface area contributed by atoms with Crippen molar-refractivity contribution in [2.45, 2.75) is 52.2 Å². The van der Waals surface area contributed by atoms with Gasteiger partial charge in [0, 0.05) is 12.2 Å². The Morgan fingerprint density at radius 3 is 2.56 bits per heavy atom. The molecule has 1 atom stereocenters. The van der Waals surface area contributed by atoms with E-state index in [2.05, 4.69) is 5.32 Å². The number of aromatic carboxylic acids is 1. The fourth-order valence-electron chi connectivity index (χ4n) is 2.80. The normalized spacial score (nSPS) is 17.3. The number of amides is 2. The third-order valence-electron chi connectivity index (χ3n) is 4.01. The maximum absolute atomic E-state index is 12.6. The van der Waals surface area contributed by atoms with Crippen molar-refractivity contribution in [1.82, 2.24) is 4.90 Å². The largest absolute Gasteiger partial charge is 0.478 e. The Labute approximate surface area is 147 Å². The molecule has 1 fully saturated rings. The second kappa shape index (κ2) is 7.13. The third-order valence-corrected chi connectivity index (χ3v) is 4.01. The molecule has 1 heterocycles. The van der Waals surface area contributed by atoms with Crippen molar-refractivity contribution in [3.63, 3.8) is 0 Å². The van der Waals surface area contributed by atoms with Crippen LogP contribution in [0, 0.1) is 6.92 Å². The summed E-state index contributed by atoms with van der Waals surface area (Å²) in [5.41, 5.74) is 0.409. The first-order valence-corrected chi connectivity index (χ1v) is 8.23. The van der Waals surface area contributed by atoms with Gasteiger partial charge in [-0.15, -0.1) is 0 Å². The van der Waals surface area contributed by atoms with Crippen LogP contribution in [0.5, 0.6) is 0 Å². The first kappa shape index (κ1) is 18.8. The highest BCUT2D eigenvalue weighted by Gasteiger charge is 2.36. The van der Waals surface area contributed by atoms with E-state index in [9.17, 15) is 19.5 Å². The lowest BCUT2D eigenvalue weighted by atomic mass is 10.1. The number of carbonyl (C=O) groups excluding carboxylic acids is 2. The second-order valence-electron chi connectivity index (χ2n) is 7.10. The lowest BCUT2D eigenvalue weighted by Crippen LogP contribution is -2.45. The predicted molar refractivity (Wildman–Crippen MR) is 92.7 cm³/mol. The molecule has 0 spiro atoms. The molecule has 1 saturated heterocycles. The smallest absolute Gasteiger partial charge is 0.410 e. The van der Waals surface area contributed by atoms with Gasteiger partial charge in [0.15, 0.2) is 0 Å². The Morgan fingerprint density at radius 1 is 1.28 bits per heavy atom. The van der Waals surface area contributed by atoms with E-state index in [0.29, 0.717) is 30.6 Å². The van der Waals surface area contributed by atoms with Crippen LogP contribution < -0.4 is 5.32 Å². The number of carboxylic acids is 1. The number of carboxylic acid groups (broad SMARTS) is 1. The number of carbonyl (C=O) groups is 3. The minimum absolute atomic E-state index is 0.133. The van der Waals surface area contributed by atoms with Gasteiger partial charge in [-0.2, -0.15) is 0 Å². The molecule has 2 amide bonds. The topological polar surface area (TPSA) is 95.9 Å². The average Bonchev–Trinajstić information content (AvgIpc) is 2.97. The van der Waals surface area contributed by atoms with Crippen LogP contribution in [0.25, 0.3) is 0 Å². The van der Waals surface area contributed by atoms with Gasteiger partial charge in [0.1, 0.15) is 11.6 Å². The Balaban J connectivity index is 2.14. The van der Waals surface area contributed by atoms with Crippen LogP contribution in [0.15, 0.2) is 18.2 Å². The van der Waals surface area contributed by atoms with Gasteiger partial charge >= 0.3 is 12.1 Å². The van der Waals surface area contributed by atoms with Crippen LogP contribution in [-0.2, 0) is 9.53 Å². The van der Waals surface area contributed by atoms with Crippen molar-refractivity contribution >= 4 is 23.7 Å². The number of hydrogen-bond acceptors (Lipinski definition) is 4. The van der Waals surface area contributed by atoms with Crippen LogP contribution in [0.3, 0.4) is 0 Å². The van der Waals surface area contributed by atoms with Crippen molar-refractivity contribution in [2.24, 2.45) is 0 Å². The van der Waals surface area contributed by atoms with Gasteiger partial charge in [0.05, 0.1) is 5.56 Å². The zero-order chi connectivity index (χ0) is 18.8. The zero-order valence-electron chi connectivity index (χ0n) is 15.0. The summed E-state index contributed by atoms with van der Waals surface area (Å²) in [6.45, 7) is 7.42. The summed E-state index contributed by atoms with van der Waals surface area (Å²) in [5, 5.41) is 11.9. The van der Waals surface area contributed by atoms with Gasteiger partial charge in [0.2, 0.25) is 5.91 Å². The van der Waals surface area contributed by atoms with Crippen molar-refractivity contribution in [1.29, 1.82) is 0 Å². The van der Waals surface area contributed by atoms with E-state index in [-0.39, 0.29) is 11.5 Å². The van der Waals surface area contributed by atoms with Crippen molar-refractivity contribution in [3.8, 4) is 0 Å². The summed E-state index contributed by atoms with van der Waals surface area (Å²) in [5.74, 6) is -1.39. The summed E-state index contributed by atoms with van der Waals surface area (Å²) in [4.78, 5) is 37.5. The summed E-state index contributed by atoms with van der Waals surface area (Å²) in [6, 6.07) is 4.08. The second-order valence-corrected chi connectivity index (χ2v) is 7.10. The SMILES string of the molecule is Cc1c(NC(=O)[C@@H]2CCCN2C(=O)OC(C)(C)C)cccc1C(=O)O. The molecule has 0 aromatic heterocycles. The summed E-state index contributed by atoms with van der Waals surface area (Å²) < 4.78 is 5.36. The van der Waals surface area contributed by atoms with E-state index in [1.165, 1.54) is 11.0 Å². The van der Waals surface area contributed by atoms with Gasteiger partial charge in [-0.1, -0.05) is 6.07 Å². The maximum atomic E-state index is 12.6. The molecule has 1 aliphatic rings. The number of rotatable bonds is 3. The molecule has 25 heavy (non-hydrogen) atoms. The molecule has 0 bridgehead atoms. The van der Waals surface area contributed by atoms with Crippen molar-refractivity contribution in [3.05, 3.63) is 29.3 Å². The molecule has 0 aliphatic carbocycles. The maximum Gasteiger partial charge on any atom is 0.410 e. The number of ether oxygens (including phenoxy) is 1. The van der Waals surface area contributed by atoms with E-state index in [1.807, 2.05) is 0 Å². The molecular weight excluding hydrogens is 324 g/mol. The van der Waals surface area contributed by atoms with E-state index in [4.69, 9.17) is 4.74 Å². The molecule has 0 radical (unpaired) electrons. The molecule has 7 nitrogen and oxygen atoms in total. The fourth-order valence-corrected chi connectivity index (χ4v) is 2.80. The number of anilines is 1. The molecule has 1 aliphatic heterocycles. The number of likely N-dealkylation sites (tertiary alicyclic amines) is 1. The standard InChI is InChI=1S/C18H24N2O5/c1-11-12(16(22)23)7-5-8-13(11)19-15(21)14-9-6-10-20(14)17(24)25-18(2,3)4/h5,7-8,14H,6,9-10H2,1-4H3,(H,19,21)(H,22,23)/t14-/m0/s1. The Hall–Kier alpha value is -2.57. The first-order chi connectivity index (χ1) is 11.6. The third kappa shape index (κ3) is 4.49. The first-order valence-electron chi connectivity index (χ1n) is 8.23. The van der Waals surface area contributed by atoms with Crippen molar-refractivity contribution < 1.29 is 24.2 Å². The lowest BCUT2D eigenvalue weighted by molar-refractivity contribution is -0.120. The lowest BCUT2D eigenvalue weighted by Gasteiger charge is -2.28. The van der Waals surface area contributed by atoms with Gasteiger partial charge in [-0.3, -0.25) is 9.69 Å². The van der Waals surface area contributed by atoms with Gasteiger partial charge in [-0.05, 0) is 58.2 Å². The van der Waals surface area contributed by atoms with E-state index >= 15 is 0 Å². The highest BCUT2D eigenvalue weighted by molar-refractivity contribution is 5.99. The molecular formula is C18H24N2O5. The highest BCUT2D eigenvalue weighted by atomic mass is 16.6. The molecule has 0 saturated carbocycles. The Kier molecular flexibility index (Phi) is 5.35. The van der Waals surface area contributed by atoms with E-state index < -0.39 is 23.7 Å². The van der Waals surface area contributed by atoms with Crippen LogP contribution in [-0.4, -0.2) is 46.2 Å². The number of hydrogen-bond donors (Lipinski definition) is 2. The Morgan fingerprint density at radius 2 is 1.96 bits per heavy atom. The van der Waals surface area contributed by atoms with Crippen molar-refractivity contribution in [2.75, 3.05) is 11.9 Å². The molecule has 0 unspecified atom stereocenters. The molecule has 1 aromatic rings. The average molecular weight is 348 g/mol. The van der Waals surface area contributed by atoms with Crippen LogP contribution in [0.1, 0.15) is 49.5 Å². The van der Waals surface area contributed by atoms with Crippen LogP contribution in [0.4, 0.5) is 10.5 Å².